The van der Waals surface area contributed by atoms with Crippen molar-refractivity contribution in [2.75, 3.05) is 0 Å². The second-order valence-electron chi connectivity index (χ2n) is 4.48. The highest BCUT2D eigenvalue weighted by molar-refractivity contribution is 5.73. The van der Waals surface area contributed by atoms with Crippen LogP contribution < -0.4 is 5.73 Å². The van der Waals surface area contributed by atoms with Crippen molar-refractivity contribution in [2.45, 2.75) is 64.9 Å². The lowest BCUT2D eigenvalue weighted by Crippen LogP contribution is -2.36. The zero-order chi connectivity index (χ0) is 11.9. The molecule has 0 radical (unpaired) electrons. The molecule has 0 bridgehead atoms. The average molecular weight is 215 g/mol. The van der Waals surface area contributed by atoms with Crippen molar-refractivity contribution >= 4 is 5.91 Å². The highest BCUT2D eigenvalue weighted by atomic mass is 16.3. The molecule has 0 saturated carbocycles. The van der Waals surface area contributed by atoms with E-state index in [1.165, 1.54) is 0 Å². The van der Waals surface area contributed by atoms with Gasteiger partial charge in [-0.15, -0.1) is 0 Å². The Morgan fingerprint density at radius 1 is 1.40 bits per heavy atom. The van der Waals surface area contributed by atoms with Gasteiger partial charge >= 0.3 is 0 Å². The van der Waals surface area contributed by atoms with Gasteiger partial charge in [-0.05, 0) is 25.2 Å². The van der Waals surface area contributed by atoms with Crippen molar-refractivity contribution in [1.29, 1.82) is 0 Å². The van der Waals surface area contributed by atoms with Crippen LogP contribution in [0.4, 0.5) is 0 Å². The molecule has 1 amide bonds. The molecule has 0 aromatic heterocycles. The molecule has 3 N–H and O–H groups in total. The third-order valence-electron chi connectivity index (χ3n) is 3.25. The molecule has 0 heterocycles. The Balaban J connectivity index is 4.18. The molecule has 0 aromatic rings. The molecular weight excluding hydrogens is 190 g/mol. The number of carbonyl (C=O) groups is 1. The summed E-state index contributed by atoms with van der Waals surface area (Å²) in [5.74, 6) is 0.00308. The molecule has 0 aliphatic rings. The normalized spacial score (nSPS) is 17.1. The molecule has 15 heavy (non-hydrogen) atoms. The first-order chi connectivity index (χ1) is 6.96. The van der Waals surface area contributed by atoms with Gasteiger partial charge in [0, 0.05) is 6.42 Å². The molecule has 0 aromatic carbocycles. The molecule has 0 aliphatic carbocycles. The van der Waals surface area contributed by atoms with Crippen LogP contribution in [0.25, 0.3) is 0 Å². The third kappa shape index (κ3) is 5.17. The maximum atomic E-state index is 10.6. The Labute approximate surface area is 93.0 Å². The molecule has 90 valence electrons. The average Bonchev–Trinajstić information content (AvgIpc) is 2.16. The van der Waals surface area contributed by atoms with Gasteiger partial charge in [0.25, 0.3) is 0 Å². The summed E-state index contributed by atoms with van der Waals surface area (Å²) in [4.78, 5) is 10.6. The van der Waals surface area contributed by atoms with Gasteiger partial charge in [0.2, 0.25) is 5.91 Å². The van der Waals surface area contributed by atoms with Crippen LogP contribution in [-0.2, 0) is 4.79 Å². The van der Waals surface area contributed by atoms with Crippen LogP contribution in [0, 0.1) is 5.92 Å². The summed E-state index contributed by atoms with van der Waals surface area (Å²) in [5, 5.41) is 10.4. The zero-order valence-corrected chi connectivity index (χ0v) is 10.3. The third-order valence-corrected chi connectivity index (χ3v) is 3.25. The van der Waals surface area contributed by atoms with Crippen molar-refractivity contribution in [1.82, 2.24) is 0 Å². The molecule has 0 spiro atoms. The second kappa shape index (κ2) is 6.83. The van der Waals surface area contributed by atoms with E-state index in [0.29, 0.717) is 19.3 Å². The van der Waals surface area contributed by atoms with Gasteiger partial charge in [0.1, 0.15) is 0 Å². The van der Waals surface area contributed by atoms with Crippen LogP contribution in [0.15, 0.2) is 0 Å². The molecule has 0 fully saturated rings. The van der Waals surface area contributed by atoms with Gasteiger partial charge in [0.15, 0.2) is 0 Å². The first kappa shape index (κ1) is 14.4. The smallest absolute Gasteiger partial charge is 0.217 e. The molecular formula is C12H25NO2. The fourth-order valence-electron chi connectivity index (χ4n) is 2.00. The minimum atomic E-state index is -0.612. The summed E-state index contributed by atoms with van der Waals surface area (Å²) >= 11 is 0. The highest BCUT2D eigenvalue weighted by Gasteiger charge is 2.30. The van der Waals surface area contributed by atoms with Gasteiger partial charge in [-0.1, -0.05) is 33.6 Å². The van der Waals surface area contributed by atoms with E-state index in [0.717, 1.165) is 19.3 Å². The Bertz CT molecular complexity index is 194. The maximum absolute atomic E-state index is 10.6. The highest BCUT2D eigenvalue weighted by Crippen LogP contribution is 2.30. The van der Waals surface area contributed by atoms with E-state index in [2.05, 4.69) is 20.8 Å². The minimum absolute atomic E-state index is 0.280. The van der Waals surface area contributed by atoms with Crippen molar-refractivity contribution < 1.29 is 9.90 Å². The monoisotopic (exact) mass is 215 g/mol. The predicted molar refractivity (Wildman–Crippen MR) is 62.4 cm³/mol. The van der Waals surface area contributed by atoms with Crippen LogP contribution in [0.5, 0.6) is 0 Å². The topological polar surface area (TPSA) is 63.3 Å². The predicted octanol–water partition coefficient (Wildman–Crippen LogP) is 2.22. The van der Waals surface area contributed by atoms with Crippen molar-refractivity contribution in [2.24, 2.45) is 11.7 Å². The van der Waals surface area contributed by atoms with Gasteiger partial charge < -0.3 is 10.8 Å². The standard InChI is InChI=1S/C12H25NO2/c1-4-8-12(15,10(3)5-2)9-6-7-11(13)14/h10,15H,4-9H2,1-3H3,(H2,13,14). The number of hydrogen-bond acceptors (Lipinski definition) is 2. The first-order valence-electron chi connectivity index (χ1n) is 5.97. The van der Waals surface area contributed by atoms with Crippen LogP contribution in [0.3, 0.4) is 0 Å². The van der Waals surface area contributed by atoms with E-state index in [4.69, 9.17) is 5.73 Å². The van der Waals surface area contributed by atoms with E-state index in [-0.39, 0.29) is 11.8 Å². The number of nitrogens with two attached hydrogens (primary N) is 1. The summed E-state index contributed by atoms with van der Waals surface area (Å²) in [7, 11) is 0. The van der Waals surface area contributed by atoms with E-state index >= 15 is 0 Å². The van der Waals surface area contributed by atoms with Crippen molar-refractivity contribution in [3.8, 4) is 0 Å². The van der Waals surface area contributed by atoms with Gasteiger partial charge in [0.05, 0.1) is 5.60 Å². The Kier molecular flexibility index (Phi) is 6.57. The lowest BCUT2D eigenvalue weighted by atomic mass is 9.79. The summed E-state index contributed by atoms with van der Waals surface area (Å²) in [6.45, 7) is 6.22. The lowest BCUT2D eigenvalue weighted by Gasteiger charge is -2.33. The Hall–Kier alpha value is -0.570. The molecule has 0 saturated heterocycles. The van der Waals surface area contributed by atoms with Crippen LogP contribution in [0.2, 0.25) is 0 Å². The van der Waals surface area contributed by atoms with E-state index < -0.39 is 5.60 Å². The number of rotatable bonds is 8. The maximum Gasteiger partial charge on any atom is 0.217 e. The molecule has 2 unspecified atom stereocenters. The second-order valence-corrected chi connectivity index (χ2v) is 4.48. The summed E-state index contributed by atoms with van der Waals surface area (Å²) in [6, 6.07) is 0. The molecule has 0 aliphatic heterocycles. The number of carbonyl (C=O) groups excluding carboxylic acids is 1. The SMILES string of the molecule is CCCC(O)(CCCC(N)=O)C(C)CC. The van der Waals surface area contributed by atoms with E-state index in [9.17, 15) is 9.90 Å². The largest absolute Gasteiger partial charge is 0.390 e. The fourth-order valence-corrected chi connectivity index (χ4v) is 2.00. The Morgan fingerprint density at radius 3 is 2.40 bits per heavy atom. The number of hydrogen-bond donors (Lipinski definition) is 2. The minimum Gasteiger partial charge on any atom is -0.390 e. The number of amides is 1. The molecule has 2 atom stereocenters. The van der Waals surface area contributed by atoms with Crippen LogP contribution in [-0.4, -0.2) is 16.6 Å². The lowest BCUT2D eigenvalue weighted by molar-refractivity contribution is -0.118. The summed E-state index contributed by atoms with van der Waals surface area (Å²) < 4.78 is 0. The fraction of sp³-hybridized carbons (Fsp3) is 0.917. The summed E-state index contributed by atoms with van der Waals surface area (Å²) in [5.41, 5.74) is 4.47. The van der Waals surface area contributed by atoms with E-state index in [1.807, 2.05) is 0 Å². The first-order valence-corrected chi connectivity index (χ1v) is 5.97. The van der Waals surface area contributed by atoms with Crippen LogP contribution >= 0.6 is 0 Å². The van der Waals surface area contributed by atoms with E-state index in [1.54, 1.807) is 0 Å². The van der Waals surface area contributed by atoms with Gasteiger partial charge in [-0.3, -0.25) is 4.79 Å². The quantitative estimate of drug-likeness (QED) is 0.652. The van der Waals surface area contributed by atoms with Crippen molar-refractivity contribution in [3.05, 3.63) is 0 Å². The summed E-state index contributed by atoms with van der Waals surface area (Å²) in [6.07, 6.45) is 4.49. The Morgan fingerprint density at radius 2 is 2.00 bits per heavy atom. The van der Waals surface area contributed by atoms with Gasteiger partial charge in [-0.2, -0.15) is 0 Å². The zero-order valence-electron chi connectivity index (χ0n) is 10.3. The van der Waals surface area contributed by atoms with Crippen molar-refractivity contribution in [3.63, 3.8) is 0 Å². The number of primary amides is 1. The van der Waals surface area contributed by atoms with Crippen LogP contribution in [0.1, 0.15) is 59.3 Å². The van der Waals surface area contributed by atoms with Gasteiger partial charge in [-0.25, -0.2) is 0 Å². The molecule has 3 nitrogen and oxygen atoms in total. The molecule has 3 heteroatoms. The molecule has 0 rings (SSSR count). The number of aliphatic hydroxyl groups is 1.